The van der Waals surface area contributed by atoms with Crippen LogP contribution in [-0.2, 0) is 15.0 Å². The molecule has 110 valence electrons. The highest BCUT2D eigenvalue weighted by Crippen LogP contribution is 2.33. The fourth-order valence-corrected chi connectivity index (χ4v) is 1.83. The van der Waals surface area contributed by atoms with Crippen LogP contribution in [0.2, 0.25) is 0 Å². The molecule has 0 saturated heterocycles. The van der Waals surface area contributed by atoms with Crippen LogP contribution in [-0.4, -0.2) is 16.9 Å². The molecule has 1 aromatic carbocycles. The number of hydrogen-bond donors (Lipinski definition) is 3. The molecular formula is C15H22N2O3. The highest BCUT2D eigenvalue weighted by Gasteiger charge is 2.22. The first-order valence-electron chi connectivity index (χ1n) is 6.52. The Hall–Kier alpha value is -2.04. The number of benzene rings is 1. The number of hydrazine groups is 1. The van der Waals surface area contributed by atoms with Crippen molar-refractivity contribution in [3.63, 3.8) is 0 Å². The first-order valence-corrected chi connectivity index (χ1v) is 6.52. The molecule has 0 spiro atoms. The first kappa shape index (κ1) is 16.0. The smallest absolute Gasteiger partial charge is 0.245 e. The number of aromatic hydroxyl groups is 1. The minimum absolute atomic E-state index is 0.214. The van der Waals surface area contributed by atoms with Gasteiger partial charge in [0.15, 0.2) is 0 Å². The third kappa shape index (κ3) is 3.98. The van der Waals surface area contributed by atoms with E-state index in [0.717, 1.165) is 11.1 Å². The van der Waals surface area contributed by atoms with Gasteiger partial charge in [-0.3, -0.25) is 20.4 Å². The van der Waals surface area contributed by atoms with Crippen molar-refractivity contribution in [1.82, 2.24) is 10.9 Å². The molecule has 5 nitrogen and oxygen atoms in total. The highest BCUT2D eigenvalue weighted by atomic mass is 16.3. The summed E-state index contributed by atoms with van der Waals surface area (Å²) >= 11 is 0. The van der Waals surface area contributed by atoms with Crippen LogP contribution in [0.1, 0.15) is 51.7 Å². The lowest BCUT2D eigenvalue weighted by Crippen LogP contribution is -2.42. The topological polar surface area (TPSA) is 78.4 Å². The van der Waals surface area contributed by atoms with Crippen molar-refractivity contribution in [2.75, 3.05) is 0 Å². The summed E-state index contributed by atoms with van der Waals surface area (Å²) in [7, 11) is 0. The van der Waals surface area contributed by atoms with Crippen LogP contribution in [0.3, 0.4) is 0 Å². The summed E-state index contributed by atoms with van der Waals surface area (Å²) in [6.07, 6.45) is 0. The maximum Gasteiger partial charge on any atom is 0.245 e. The molecule has 0 saturated carbocycles. The van der Waals surface area contributed by atoms with E-state index in [0.29, 0.717) is 0 Å². The van der Waals surface area contributed by atoms with E-state index in [1.165, 1.54) is 6.92 Å². The molecule has 0 fully saturated rings. The molecule has 2 amide bonds. The fourth-order valence-electron chi connectivity index (χ4n) is 1.83. The van der Waals surface area contributed by atoms with E-state index >= 15 is 0 Å². The van der Waals surface area contributed by atoms with Gasteiger partial charge in [-0.15, -0.1) is 0 Å². The Labute approximate surface area is 119 Å². The molecule has 0 radical (unpaired) electrons. The summed E-state index contributed by atoms with van der Waals surface area (Å²) in [5, 5.41) is 9.91. The second-order valence-electron chi connectivity index (χ2n) is 5.92. The van der Waals surface area contributed by atoms with Gasteiger partial charge in [0.05, 0.1) is 5.92 Å². The van der Waals surface area contributed by atoms with E-state index in [9.17, 15) is 14.7 Å². The molecule has 0 aliphatic rings. The summed E-state index contributed by atoms with van der Waals surface area (Å²) in [6, 6.07) is 5.13. The standard InChI is InChI=1S/C15H22N2O3/c1-9(14(20)17-16-10(2)18)11-6-7-13(19)12(8-11)15(3,4)5/h6-9,19H,1-5H3,(H,16,18)(H,17,20). The van der Waals surface area contributed by atoms with Crippen LogP contribution < -0.4 is 10.9 Å². The van der Waals surface area contributed by atoms with Crippen LogP contribution in [0.25, 0.3) is 0 Å². The Bertz CT molecular complexity index is 518. The molecule has 0 aliphatic heterocycles. The van der Waals surface area contributed by atoms with Crippen molar-refractivity contribution >= 4 is 11.8 Å². The number of phenolic OH excluding ortho intramolecular Hbond substituents is 1. The molecule has 20 heavy (non-hydrogen) atoms. The molecule has 0 aromatic heterocycles. The van der Waals surface area contributed by atoms with E-state index < -0.39 is 5.92 Å². The number of nitrogens with one attached hydrogen (secondary N) is 2. The Morgan fingerprint density at radius 3 is 2.30 bits per heavy atom. The Morgan fingerprint density at radius 2 is 1.80 bits per heavy atom. The van der Waals surface area contributed by atoms with Crippen LogP contribution >= 0.6 is 0 Å². The van der Waals surface area contributed by atoms with Crippen molar-refractivity contribution in [3.05, 3.63) is 29.3 Å². The Balaban J connectivity index is 2.97. The molecule has 1 aromatic rings. The zero-order valence-electron chi connectivity index (χ0n) is 12.6. The quantitative estimate of drug-likeness (QED) is 0.724. The monoisotopic (exact) mass is 278 g/mol. The average Bonchev–Trinajstić information content (AvgIpc) is 2.34. The van der Waals surface area contributed by atoms with Crippen molar-refractivity contribution in [2.45, 2.75) is 46.0 Å². The van der Waals surface area contributed by atoms with Gasteiger partial charge in [-0.05, 0) is 29.5 Å². The van der Waals surface area contributed by atoms with Crippen molar-refractivity contribution < 1.29 is 14.7 Å². The van der Waals surface area contributed by atoms with Crippen molar-refractivity contribution in [3.8, 4) is 5.75 Å². The van der Waals surface area contributed by atoms with Crippen LogP contribution in [0.4, 0.5) is 0 Å². The van der Waals surface area contributed by atoms with E-state index in [2.05, 4.69) is 10.9 Å². The predicted molar refractivity (Wildman–Crippen MR) is 77.2 cm³/mol. The molecule has 1 rings (SSSR count). The third-order valence-corrected chi connectivity index (χ3v) is 3.08. The summed E-state index contributed by atoms with van der Waals surface area (Å²) in [6.45, 7) is 9.05. The zero-order valence-corrected chi connectivity index (χ0v) is 12.6. The lowest BCUT2D eigenvalue weighted by Gasteiger charge is -2.22. The van der Waals surface area contributed by atoms with Gasteiger partial charge in [-0.25, -0.2) is 0 Å². The molecule has 5 heteroatoms. The number of carbonyl (C=O) groups is 2. The van der Waals surface area contributed by atoms with Crippen molar-refractivity contribution in [1.29, 1.82) is 0 Å². The normalized spacial score (nSPS) is 12.7. The van der Waals surface area contributed by atoms with Gasteiger partial charge in [0.1, 0.15) is 5.75 Å². The Morgan fingerprint density at radius 1 is 1.20 bits per heavy atom. The second kappa shape index (κ2) is 5.94. The van der Waals surface area contributed by atoms with Gasteiger partial charge in [0.25, 0.3) is 0 Å². The maximum atomic E-state index is 11.9. The molecular weight excluding hydrogens is 256 g/mol. The molecule has 1 atom stereocenters. The van der Waals surface area contributed by atoms with E-state index in [1.54, 1.807) is 19.1 Å². The van der Waals surface area contributed by atoms with E-state index in [1.807, 2.05) is 26.8 Å². The maximum absolute atomic E-state index is 11.9. The second-order valence-corrected chi connectivity index (χ2v) is 5.92. The van der Waals surface area contributed by atoms with Crippen LogP contribution in [0.15, 0.2) is 18.2 Å². The van der Waals surface area contributed by atoms with Gasteiger partial charge in [-0.1, -0.05) is 32.9 Å². The zero-order chi connectivity index (χ0) is 15.5. The predicted octanol–water partition coefficient (Wildman–Crippen LogP) is 1.96. The van der Waals surface area contributed by atoms with Crippen molar-refractivity contribution in [2.24, 2.45) is 0 Å². The van der Waals surface area contributed by atoms with Gasteiger partial charge < -0.3 is 5.11 Å². The van der Waals surface area contributed by atoms with E-state index in [4.69, 9.17) is 0 Å². The summed E-state index contributed by atoms with van der Waals surface area (Å²) < 4.78 is 0. The minimum atomic E-state index is -0.427. The van der Waals surface area contributed by atoms with Crippen LogP contribution in [0, 0.1) is 0 Å². The van der Waals surface area contributed by atoms with Gasteiger partial charge >= 0.3 is 0 Å². The molecule has 0 bridgehead atoms. The molecule has 3 N–H and O–H groups in total. The third-order valence-electron chi connectivity index (χ3n) is 3.08. The average molecular weight is 278 g/mol. The highest BCUT2D eigenvalue weighted by molar-refractivity contribution is 5.85. The molecule has 1 unspecified atom stereocenters. The molecule has 0 heterocycles. The summed E-state index contributed by atoms with van der Waals surface area (Å²) in [4.78, 5) is 22.7. The lowest BCUT2D eigenvalue weighted by molar-refractivity contribution is -0.128. The fraction of sp³-hybridized carbons (Fsp3) is 0.467. The number of rotatable bonds is 2. The SMILES string of the molecule is CC(=O)NNC(=O)C(C)c1ccc(O)c(C(C)(C)C)c1. The summed E-state index contributed by atoms with van der Waals surface area (Å²) in [5.41, 5.74) is 5.98. The minimum Gasteiger partial charge on any atom is -0.508 e. The molecule has 0 aliphatic carbocycles. The first-order chi connectivity index (χ1) is 9.12. The number of amides is 2. The lowest BCUT2D eigenvalue weighted by atomic mass is 9.84. The van der Waals surface area contributed by atoms with Gasteiger partial charge in [-0.2, -0.15) is 0 Å². The Kier molecular flexibility index (Phi) is 4.76. The van der Waals surface area contributed by atoms with Gasteiger partial charge in [0.2, 0.25) is 11.8 Å². The number of carbonyl (C=O) groups excluding carboxylic acids is 2. The number of phenols is 1. The van der Waals surface area contributed by atoms with Crippen LogP contribution in [0.5, 0.6) is 5.75 Å². The number of hydrogen-bond acceptors (Lipinski definition) is 3. The van der Waals surface area contributed by atoms with E-state index in [-0.39, 0.29) is 23.0 Å². The van der Waals surface area contributed by atoms with Gasteiger partial charge in [0, 0.05) is 6.92 Å². The largest absolute Gasteiger partial charge is 0.508 e. The summed E-state index contributed by atoms with van der Waals surface area (Å²) in [5.74, 6) is -0.836.